The maximum atomic E-state index is 13.3. The molecule has 0 saturated carbocycles. The third-order valence-corrected chi connectivity index (χ3v) is 4.62. The number of carbonyl (C=O) groups excluding carboxylic acids is 1. The SMILES string of the molecule is NC(=O)CN1CCC(Cn2c(C(F)(F)F)nc3ccccc32)CC1.O=C(O)C(=O)O. The lowest BCUT2D eigenvalue weighted by Gasteiger charge is -2.31. The number of benzene rings is 1. The van der Waals surface area contributed by atoms with E-state index in [1.54, 1.807) is 24.3 Å². The van der Waals surface area contributed by atoms with E-state index in [0.717, 1.165) is 12.8 Å². The Morgan fingerprint density at radius 1 is 1.10 bits per heavy atom. The first-order chi connectivity index (χ1) is 14.0. The van der Waals surface area contributed by atoms with E-state index in [1.165, 1.54) is 4.57 Å². The Morgan fingerprint density at radius 2 is 1.67 bits per heavy atom. The Bertz CT molecular complexity index is 908. The summed E-state index contributed by atoms with van der Waals surface area (Å²) >= 11 is 0. The van der Waals surface area contributed by atoms with E-state index < -0.39 is 23.9 Å². The van der Waals surface area contributed by atoms with Crippen molar-refractivity contribution in [1.29, 1.82) is 0 Å². The highest BCUT2D eigenvalue weighted by Gasteiger charge is 2.38. The van der Waals surface area contributed by atoms with Crippen molar-refractivity contribution in [1.82, 2.24) is 14.5 Å². The first-order valence-corrected chi connectivity index (χ1v) is 8.98. The van der Waals surface area contributed by atoms with Gasteiger partial charge in [0.15, 0.2) is 0 Å². The zero-order chi connectivity index (χ0) is 22.5. The van der Waals surface area contributed by atoms with Crippen LogP contribution >= 0.6 is 0 Å². The third-order valence-electron chi connectivity index (χ3n) is 4.62. The number of alkyl halides is 3. The number of carboxylic acids is 2. The van der Waals surface area contributed by atoms with Crippen LogP contribution in [-0.4, -0.2) is 62.1 Å². The van der Waals surface area contributed by atoms with Crippen LogP contribution in [0.4, 0.5) is 13.2 Å². The first kappa shape index (κ1) is 23.1. The van der Waals surface area contributed by atoms with E-state index in [2.05, 4.69) is 4.98 Å². The van der Waals surface area contributed by atoms with Crippen LogP contribution in [0.3, 0.4) is 0 Å². The zero-order valence-corrected chi connectivity index (χ0v) is 15.8. The number of aliphatic carboxylic acids is 2. The largest absolute Gasteiger partial charge is 0.473 e. The third kappa shape index (κ3) is 6.17. The number of nitrogens with two attached hydrogens (primary N) is 1. The Labute approximate surface area is 168 Å². The Hall–Kier alpha value is -3.15. The average Bonchev–Trinajstić information content (AvgIpc) is 3.02. The molecule has 0 bridgehead atoms. The van der Waals surface area contributed by atoms with Crippen molar-refractivity contribution in [3.63, 3.8) is 0 Å². The quantitative estimate of drug-likeness (QED) is 0.623. The molecular formula is C18H21F3N4O5. The molecule has 1 saturated heterocycles. The number of fused-ring (bicyclic) bond motifs is 1. The minimum Gasteiger partial charge on any atom is -0.473 e. The van der Waals surface area contributed by atoms with Gasteiger partial charge in [-0.3, -0.25) is 9.69 Å². The number of imidazole rings is 1. The second kappa shape index (κ2) is 9.57. The minimum absolute atomic E-state index is 0.118. The molecule has 1 aliphatic rings. The molecule has 3 rings (SSSR count). The number of rotatable bonds is 4. The van der Waals surface area contributed by atoms with Gasteiger partial charge in [0.25, 0.3) is 0 Å². The lowest BCUT2D eigenvalue weighted by atomic mass is 9.96. The standard InChI is InChI=1S/C16H19F3N4O.C2H2O4/c17-16(18,19)15-21-12-3-1-2-4-13(12)23(15)9-11-5-7-22(8-6-11)10-14(20)24;3-1(4)2(5)6/h1-4,11H,5-10H2,(H2,20,24);(H,3,4)(H,5,6). The lowest BCUT2D eigenvalue weighted by Crippen LogP contribution is -2.40. The van der Waals surface area contributed by atoms with Gasteiger partial charge in [0.1, 0.15) is 0 Å². The summed E-state index contributed by atoms with van der Waals surface area (Å²) in [5.74, 6) is -4.76. The molecule has 4 N–H and O–H groups in total. The number of likely N-dealkylation sites (tertiary alicyclic amines) is 1. The van der Waals surface area contributed by atoms with Crippen molar-refractivity contribution in [2.24, 2.45) is 11.7 Å². The van der Waals surface area contributed by atoms with Crippen LogP contribution in [0, 0.1) is 5.92 Å². The molecule has 0 atom stereocenters. The number of halogens is 3. The molecule has 0 unspecified atom stereocenters. The fraction of sp³-hybridized carbons (Fsp3) is 0.444. The average molecular weight is 430 g/mol. The molecular weight excluding hydrogens is 409 g/mol. The number of para-hydroxylation sites is 2. The summed E-state index contributed by atoms with van der Waals surface area (Å²) in [5, 5.41) is 14.8. The molecule has 1 aromatic carbocycles. The summed E-state index contributed by atoms with van der Waals surface area (Å²) in [6.45, 7) is 1.82. The number of hydrogen-bond acceptors (Lipinski definition) is 5. The molecule has 1 aromatic heterocycles. The van der Waals surface area contributed by atoms with Gasteiger partial charge in [0, 0.05) is 6.54 Å². The van der Waals surface area contributed by atoms with Gasteiger partial charge in [-0.15, -0.1) is 0 Å². The van der Waals surface area contributed by atoms with E-state index in [-0.39, 0.29) is 24.9 Å². The van der Waals surface area contributed by atoms with Gasteiger partial charge < -0.3 is 20.5 Å². The number of piperidine rings is 1. The van der Waals surface area contributed by atoms with Crippen molar-refractivity contribution in [2.75, 3.05) is 19.6 Å². The summed E-state index contributed by atoms with van der Waals surface area (Å²) in [6.07, 6.45) is -3.01. The molecule has 12 heteroatoms. The van der Waals surface area contributed by atoms with Crippen molar-refractivity contribution < 1.29 is 37.8 Å². The van der Waals surface area contributed by atoms with Crippen LogP contribution in [0.2, 0.25) is 0 Å². The fourth-order valence-corrected chi connectivity index (χ4v) is 3.28. The Morgan fingerprint density at radius 3 is 2.17 bits per heavy atom. The fourth-order valence-electron chi connectivity index (χ4n) is 3.28. The van der Waals surface area contributed by atoms with E-state index >= 15 is 0 Å². The maximum absolute atomic E-state index is 13.3. The first-order valence-electron chi connectivity index (χ1n) is 8.98. The molecule has 1 amide bonds. The number of nitrogens with zero attached hydrogens (tertiary/aromatic N) is 3. The van der Waals surface area contributed by atoms with E-state index in [4.69, 9.17) is 25.5 Å². The summed E-state index contributed by atoms with van der Waals surface area (Å²) in [7, 11) is 0. The van der Waals surface area contributed by atoms with Crippen LogP contribution in [0.15, 0.2) is 24.3 Å². The van der Waals surface area contributed by atoms with Gasteiger partial charge in [-0.05, 0) is 44.0 Å². The predicted molar refractivity (Wildman–Crippen MR) is 98.4 cm³/mol. The molecule has 30 heavy (non-hydrogen) atoms. The molecule has 1 aliphatic heterocycles. The van der Waals surface area contributed by atoms with Gasteiger partial charge >= 0.3 is 18.1 Å². The minimum atomic E-state index is -4.48. The van der Waals surface area contributed by atoms with Crippen LogP contribution in [0.25, 0.3) is 11.0 Å². The second-order valence-electron chi connectivity index (χ2n) is 6.83. The van der Waals surface area contributed by atoms with E-state index in [0.29, 0.717) is 24.1 Å². The number of carbonyl (C=O) groups is 3. The molecule has 0 spiro atoms. The summed E-state index contributed by atoms with van der Waals surface area (Å²) < 4.78 is 41.2. The molecule has 0 radical (unpaired) electrons. The number of amides is 1. The predicted octanol–water partition coefficient (Wildman–Crippen LogP) is 1.41. The lowest BCUT2D eigenvalue weighted by molar-refractivity contribution is -0.159. The number of primary amides is 1. The number of aromatic nitrogens is 2. The van der Waals surface area contributed by atoms with Gasteiger partial charge in [-0.25, -0.2) is 14.6 Å². The van der Waals surface area contributed by atoms with E-state index in [9.17, 15) is 18.0 Å². The van der Waals surface area contributed by atoms with Crippen molar-refractivity contribution in [3.8, 4) is 0 Å². The zero-order valence-electron chi connectivity index (χ0n) is 15.8. The van der Waals surface area contributed by atoms with Crippen LogP contribution in [-0.2, 0) is 27.1 Å². The second-order valence-corrected chi connectivity index (χ2v) is 6.83. The molecule has 2 aromatic rings. The Balaban J connectivity index is 0.000000469. The van der Waals surface area contributed by atoms with Crippen LogP contribution < -0.4 is 5.73 Å². The molecule has 1 fully saturated rings. The summed E-state index contributed by atoms with van der Waals surface area (Å²) in [5.41, 5.74) is 6.04. The van der Waals surface area contributed by atoms with Crippen molar-refractivity contribution >= 4 is 28.9 Å². The molecule has 0 aliphatic carbocycles. The van der Waals surface area contributed by atoms with Crippen LogP contribution in [0.5, 0.6) is 0 Å². The van der Waals surface area contributed by atoms with Crippen molar-refractivity contribution in [2.45, 2.75) is 25.6 Å². The highest BCUT2D eigenvalue weighted by atomic mass is 19.4. The highest BCUT2D eigenvalue weighted by Crippen LogP contribution is 2.33. The van der Waals surface area contributed by atoms with Gasteiger partial charge in [0.2, 0.25) is 11.7 Å². The number of carboxylic acid groups (broad SMARTS) is 2. The normalized spacial score (nSPS) is 15.4. The van der Waals surface area contributed by atoms with E-state index in [1.807, 2.05) is 4.90 Å². The maximum Gasteiger partial charge on any atom is 0.449 e. The van der Waals surface area contributed by atoms with Gasteiger partial charge in [0.05, 0.1) is 17.6 Å². The molecule has 9 nitrogen and oxygen atoms in total. The monoisotopic (exact) mass is 430 g/mol. The Kier molecular flexibility index (Phi) is 7.38. The topological polar surface area (TPSA) is 139 Å². The van der Waals surface area contributed by atoms with Gasteiger partial charge in [-0.2, -0.15) is 13.2 Å². The van der Waals surface area contributed by atoms with Gasteiger partial charge in [-0.1, -0.05) is 12.1 Å². The smallest absolute Gasteiger partial charge is 0.449 e. The molecule has 2 heterocycles. The highest BCUT2D eigenvalue weighted by molar-refractivity contribution is 6.27. The van der Waals surface area contributed by atoms with Crippen LogP contribution in [0.1, 0.15) is 18.7 Å². The molecule has 164 valence electrons. The van der Waals surface area contributed by atoms with Crippen molar-refractivity contribution in [3.05, 3.63) is 30.1 Å². The summed E-state index contributed by atoms with van der Waals surface area (Å²) in [6, 6.07) is 6.66. The number of hydrogen-bond donors (Lipinski definition) is 3. The summed E-state index contributed by atoms with van der Waals surface area (Å²) in [4.78, 5) is 34.9.